The Kier molecular flexibility index (Phi) is 2.99. The first-order chi connectivity index (χ1) is 8.32. The lowest BCUT2D eigenvalue weighted by atomic mass is 9.96. The molecule has 0 aliphatic heterocycles. The molecule has 1 aromatic carbocycles. The van der Waals surface area contributed by atoms with Crippen molar-refractivity contribution in [1.29, 1.82) is 0 Å². The molecule has 0 saturated heterocycles. The van der Waals surface area contributed by atoms with Crippen LogP contribution in [0.4, 0.5) is 4.39 Å². The number of rotatable bonds is 3. The summed E-state index contributed by atoms with van der Waals surface area (Å²) in [4.78, 5) is 14.2. The summed E-state index contributed by atoms with van der Waals surface area (Å²) in [5, 5.41) is 0.605. The summed E-state index contributed by atoms with van der Waals surface area (Å²) < 4.78 is 18.6. The van der Waals surface area contributed by atoms with Gasteiger partial charge in [-0.2, -0.15) is 0 Å². The Bertz CT molecular complexity index is 599. The van der Waals surface area contributed by atoms with E-state index in [1.165, 1.54) is 18.2 Å². The number of carbonyl (C=O) groups excluding carboxylic acids is 1. The van der Waals surface area contributed by atoms with E-state index in [1.54, 1.807) is 6.07 Å². The highest BCUT2D eigenvalue weighted by Gasteiger charge is 2.33. The summed E-state index contributed by atoms with van der Waals surface area (Å²) in [5.74, 6) is -0.201. The van der Waals surface area contributed by atoms with E-state index in [1.807, 2.05) is 32.8 Å². The van der Waals surface area contributed by atoms with Gasteiger partial charge in [0.2, 0.25) is 5.78 Å². The van der Waals surface area contributed by atoms with Crippen molar-refractivity contribution in [3.8, 4) is 0 Å². The number of carbonyl (C=O) groups is 1. The van der Waals surface area contributed by atoms with Crippen LogP contribution in [-0.4, -0.2) is 30.3 Å². The fourth-order valence-corrected chi connectivity index (χ4v) is 1.63. The van der Waals surface area contributed by atoms with E-state index in [-0.39, 0.29) is 17.4 Å². The summed E-state index contributed by atoms with van der Waals surface area (Å²) >= 11 is 0. The van der Waals surface area contributed by atoms with E-state index in [0.717, 1.165) is 0 Å². The van der Waals surface area contributed by atoms with Crippen LogP contribution in [0.1, 0.15) is 24.4 Å². The number of nitrogens with zero attached hydrogens (tertiary/aromatic N) is 1. The maximum atomic E-state index is 13.1. The average Bonchev–Trinajstić information content (AvgIpc) is 2.70. The molecule has 0 radical (unpaired) electrons. The second-order valence-electron chi connectivity index (χ2n) is 5.08. The average molecular weight is 249 g/mol. The number of ketones is 1. The monoisotopic (exact) mass is 249 g/mol. The fraction of sp³-hybridized carbons (Fsp3) is 0.357. The second-order valence-corrected chi connectivity index (χ2v) is 5.08. The fourth-order valence-electron chi connectivity index (χ4n) is 1.63. The van der Waals surface area contributed by atoms with Gasteiger partial charge in [0.15, 0.2) is 5.76 Å². The quantitative estimate of drug-likeness (QED) is 0.784. The second kappa shape index (κ2) is 4.21. The number of halogens is 1. The van der Waals surface area contributed by atoms with Crippen molar-refractivity contribution in [2.24, 2.45) is 0 Å². The van der Waals surface area contributed by atoms with Gasteiger partial charge < -0.3 is 4.42 Å². The van der Waals surface area contributed by atoms with Gasteiger partial charge in [0.1, 0.15) is 11.4 Å². The zero-order valence-corrected chi connectivity index (χ0v) is 11.0. The summed E-state index contributed by atoms with van der Waals surface area (Å²) in [6.45, 7) is 3.65. The Morgan fingerprint density at radius 2 is 1.94 bits per heavy atom. The molecule has 3 nitrogen and oxygen atoms in total. The first-order valence-electron chi connectivity index (χ1n) is 5.73. The van der Waals surface area contributed by atoms with E-state index < -0.39 is 5.54 Å². The molecule has 0 aliphatic rings. The molecule has 0 bridgehead atoms. The van der Waals surface area contributed by atoms with Crippen LogP contribution in [0.25, 0.3) is 11.0 Å². The van der Waals surface area contributed by atoms with Crippen LogP contribution in [0.15, 0.2) is 28.7 Å². The predicted octanol–water partition coefficient (Wildman–Crippen LogP) is 3.09. The minimum absolute atomic E-state index is 0.121. The molecule has 4 heteroatoms. The van der Waals surface area contributed by atoms with Crippen molar-refractivity contribution < 1.29 is 13.6 Å². The number of hydrogen-bond donors (Lipinski definition) is 0. The molecule has 96 valence electrons. The standard InChI is InChI=1S/C14H16FNO2/c1-14(2,16(3)4)13(17)12-8-9-7-10(15)5-6-11(9)18-12/h5-8H,1-4H3. The van der Waals surface area contributed by atoms with Crippen molar-refractivity contribution in [2.75, 3.05) is 14.1 Å². The number of furan rings is 1. The van der Waals surface area contributed by atoms with Crippen molar-refractivity contribution in [2.45, 2.75) is 19.4 Å². The third-order valence-corrected chi connectivity index (χ3v) is 3.38. The Labute approximate surface area is 105 Å². The normalized spacial score (nSPS) is 12.3. The topological polar surface area (TPSA) is 33.5 Å². The van der Waals surface area contributed by atoms with Crippen molar-refractivity contribution in [3.63, 3.8) is 0 Å². The van der Waals surface area contributed by atoms with Gasteiger partial charge in [-0.3, -0.25) is 9.69 Å². The van der Waals surface area contributed by atoms with Gasteiger partial charge in [0.05, 0.1) is 5.54 Å². The van der Waals surface area contributed by atoms with Gasteiger partial charge >= 0.3 is 0 Å². The molecular formula is C14H16FNO2. The van der Waals surface area contributed by atoms with E-state index in [2.05, 4.69) is 0 Å². The van der Waals surface area contributed by atoms with Crippen LogP contribution in [0, 0.1) is 5.82 Å². The van der Waals surface area contributed by atoms with Gasteiger partial charge in [-0.25, -0.2) is 4.39 Å². The van der Waals surface area contributed by atoms with E-state index in [4.69, 9.17) is 4.42 Å². The Hall–Kier alpha value is -1.68. The van der Waals surface area contributed by atoms with Crippen LogP contribution < -0.4 is 0 Å². The molecule has 0 atom stereocenters. The van der Waals surface area contributed by atoms with Gasteiger partial charge in [-0.1, -0.05) is 0 Å². The van der Waals surface area contributed by atoms with Gasteiger partial charge in [0.25, 0.3) is 0 Å². The molecule has 0 amide bonds. The third kappa shape index (κ3) is 2.04. The van der Waals surface area contributed by atoms with Crippen molar-refractivity contribution in [1.82, 2.24) is 4.90 Å². The van der Waals surface area contributed by atoms with E-state index in [9.17, 15) is 9.18 Å². The lowest BCUT2D eigenvalue weighted by molar-refractivity contribution is 0.0727. The summed E-state index contributed by atoms with van der Waals surface area (Å²) in [6, 6.07) is 5.80. The first-order valence-corrected chi connectivity index (χ1v) is 5.73. The largest absolute Gasteiger partial charge is 0.453 e. The number of hydrogen-bond acceptors (Lipinski definition) is 3. The number of fused-ring (bicyclic) bond motifs is 1. The minimum Gasteiger partial charge on any atom is -0.453 e. The molecule has 1 heterocycles. The first kappa shape index (κ1) is 12.8. The zero-order chi connectivity index (χ0) is 13.5. The Morgan fingerprint density at radius 3 is 2.56 bits per heavy atom. The lowest BCUT2D eigenvalue weighted by Gasteiger charge is -2.29. The zero-order valence-electron chi connectivity index (χ0n) is 11.0. The number of likely N-dealkylation sites (N-methyl/N-ethyl adjacent to an activating group) is 1. The van der Waals surface area contributed by atoms with Gasteiger partial charge in [0, 0.05) is 5.39 Å². The van der Waals surface area contributed by atoms with E-state index in [0.29, 0.717) is 11.0 Å². The molecule has 2 rings (SSSR count). The highest BCUT2D eigenvalue weighted by Crippen LogP contribution is 2.25. The molecule has 0 spiro atoms. The van der Waals surface area contributed by atoms with Gasteiger partial charge in [-0.15, -0.1) is 0 Å². The molecule has 1 aromatic heterocycles. The molecule has 0 N–H and O–H groups in total. The molecular weight excluding hydrogens is 233 g/mol. The molecule has 0 saturated carbocycles. The highest BCUT2D eigenvalue weighted by atomic mass is 19.1. The highest BCUT2D eigenvalue weighted by molar-refractivity contribution is 6.03. The molecule has 0 fully saturated rings. The number of Topliss-reactive ketones (excluding diaryl/α,β-unsaturated/α-hetero) is 1. The van der Waals surface area contributed by atoms with Crippen LogP contribution in [0.5, 0.6) is 0 Å². The molecule has 0 aliphatic carbocycles. The molecule has 2 aromatic rings. The van der Waals surface area contributed by atoms with Gasteiger partial charge in [-0.05, 0) is 52.2 Å². The van der Waals surface area contributed by atoms with Crippen LogP contribution in [0.3, 0.4) is 0 Å². The third-order valence-electron chi connectivity index (χ3n) is 3.38. The van der Waals surface area contributed by atoms with E-state index >= 15 is 0 Å². The molecule has 18 heavy (non-hydrogen) atoms. The SMILES string of the molecule is CN(C)C(C)(C)C(=O)c1cc2cc(F)ccc2o1. The number of benzene rings is 1. The lowest BCUT2D eigenvalue weighted by Crippen LogP contribution is -2.45. The molecule has 0 unspecified atom stereocenters. The smallest absolute Gasteiger partial charge is 0.217 e. The van der Waals surface area contributed by atoms with Crippen LogP contribution >= 0.6 is 0 Å². The summed E-state index contributed by atoms with van der Waals surface area (Å²) in [6.07, 6.45) is 0. The predicted molar refractivity (Wildman–Crippen MR) is 68.3 cm³/mol. The minimum atomic E-state index is -0.660. The van der Waals surface area contributed by atoms with Crippen molar-refractivity contribution >= 4 is 16.8 Å². The Morgan fingerprint density at radius 1 is 1.28 bits per heavy atom. The van der Waals surface area contributed by atoms with Crippen LogP contribution in [0.2, 0.25) is 0 Å². The van der Waals surface area contributed by atoms with Crippen molar-refractivity contribution in [3.05, 3.63) is 35.8 Å². The van der Waals surface area contributed by atoms with Crippen LogP contribution in [-0.2, 0) is 0 Å². The summed E-state index contributed by atoms with van der Waals surface area (Å²) in [7, 11) is 3.67. The summed E-state index contributed by atoms with van der Waals surface area (Å²) in [5.41, 5.74) is -0.138. The maximum Gasteiger partial charge on any atom is 0.217 e. The Balaban J connectivity index is 2.46. The maximum absolute atomic E-state index is 13.1.